The molecule has 4 atom stereocenters. The number of allylic oxidation sites excluding steroid dienone is 3. The van der Waals surface area contributed by atoms with Gasteiger partial charge in [-0.1, -0.05) is 0 Å². The number of ether oxygens (including phenoxy) is 1. The number of carbonyl (C=O) groups is 1. The van der Waals surface area contributed by atoms with Gasteiger partial charge in [0.05, 0.1) is 29.2 Å². The van der Waals surface area contributed by atoms with Crippen molar-refractivity contribution in [1.82, 2.24) is 9.80 Å². The Balaban J connectivity index is 1.50. The first kappa shape index (κ1) is 16.2. The molecule has 0 bridgehead atoms. The Kier molecular flexibility index (Phi) is 3.85. The summed E-state index contributed by atoms with van der Waals surface area (Å²) >= 11 is 0. The van der Waals surface area contributed by atoms with Crippen LogP contribution in [0.3, 0.4) is 0 Å². The van der Waals surface area contributed by atoms with Crippen LogP contribution in [0.4, 0.5) is 13.6 Å². The zero-order valence-electron chi connectivity index (χ0n) is 13.7. The molecule has 3 N–H and O–H groups in total. The van der Waals surface area contributed by atoms with Gasteiger partial charge < -0.3 is 25.4 Å². The molecule has 8 heteroatoms. The third-order valence-corrected chi connectivity index (χ3v) is 5.57. The highest BCUT2D eigenvalue weighted by atomic mass is 19.1. The molecular weight excluding hydrogens is 332 g/mol. The molecule has 0 aromatic carbocycles. The summed E-state index contributed by atoms with van der Waals surface area (Å²) in [5.41, 5.74) is 7.25. The predicted octanol–water partition coefficient (Wildman–Crippen LogP) is 1.97. The molecule has 1 amide bonds. The lowest BCUT2D eigenvalue weighted by Gasteiger charge is -2.47. The molecule has 25 heavy (non-hydrogen) atoms. The molecular formula is C17H21F2N3O3. The normalized spacial score (nSPS) is 34.8. The van der Waals surface area contributed by atoms with Gasteiger partial charge in [-0.3, -0.25) is 0 Å². The number of nitrogens with two attached hydrogens (primary N) is 1. The number of carboxylic acid groups (broad SMARTS) is 1. The van der Waals surface area contributed by atoms with E-state index in [9.17, 15) is 13.6 Å². The number of alkyl halides is 1. The Labute approximate surface area is 144 Å². The Morgan fingerprint density at radius 3 is 2.88 bits per heavy atom. The third-order valence-electron chi connectivity index (χ3n) is 5.57. The molecule has 4 aliphatic rings. The average Bonchev–Trinajstić information content (AvgIpc) is 2.88. The summed E-state index contributed by atoms with van der Waals surface area (Å²) in [5.74, 6) is -0.483. The van der Waals surface area contributed by atoms with Crippen LogP contribution in [0, 0.1) is 11.8 Å². The van der Waals surface area contributed by atoms with E-state index >= 15 is 0 Å². The summed E-state index contributed by atoms with van der Waals surface area (Å²) in [6.45, 7) is 2.02. The van der Waals surface area contributed by atoms with E-state index in [0.717, 1.165) is 12.2 Å². The number of likely N-dealkylation sites (tertiary alicyclic amines) is 2. The minimum atomic E-state index is -1.20. The van der Waals surface area contributed by atoms with Gasteiger partial charge in [0.1, 0.15) is 18.5 Å². The SMILES string of the molecule is NC1=C(C2C=C(F)CCC2F)OCC(N2CC3CN(C(=O)O)C[C@H]32)=C1. The predicted molar refractivity (Wildman–Crippen MR) is 85.6 cm³/mol. The van der Waals surface area contributed by atoms with E-state index in [0.29, 0.717) is 30.5 Å². The van der Waals surface area contributed by atoms with Crippen molar-refractivity contribution in [3.63, 3.8) is 0 Å². The lowest BCUT2D eigenvalue weighted by Crippen LogP contribution is -2.55. The highest BCUT2D eigenvalue weighted by Crippen LogP contribution is 2.39. The molecule has 0 saturated carbocycles. The number of amides is 1. The van der Waals surface area contributed by atoms with E-state index in [4.69, 9.17) is 15.6 Å². The van der Waals surface area contributed by atoms with Crippen molar-refractivity contribution >= 4 is 6.09 Å². The topological polar surface area (TPSA) is 79.0 Å². The maximum Gasteiger partial charge on any atom is 0.407 e. The van der Waals surface area contributed by atoms with Crippen LogP contribution < -0.4 is 5.73 Å². The summed E-state index contributed by atoms with van der Waals surface area (Å²) in [6.07, 6.45) is 1.16. The van der Waals surface area contributed by atoms with Crippen molar-refractivity contribution in [2.24, 2.45) is 17.6 Å². The molecule has 0 spiro atoms. The van der Waals surface area contributed by atoms with Crippen LogP contribution in [0.5, 0.6) is 0 Å². The molecule has 0 aromatic rings. The van der Waals surface area contributed by atoms with Gasteiger partial charge in [0, 0.05) is 32.0 Å². The van der Waals surface area contributed by atoms with Gasteiger partial charge in [-0.2, -0.15) is 0 Å². The van der Waals surface area contributed by atoms with Crippen LogP contribution in [0.25, 0.3) is 0 Å². The van der Waals surface area contributed by atoms with Gasteiger partial charge in [0.2, 0.25) is 0 Å². The number of hydrogen-bond acceptors (Lipinski definition) is 4. The minimum absolute atomic E-state index is 0.114. The van der Waals surface area contributed by atoms with Crippen molar-refractivity contribution in [3.05, 3.63) is 35.1 Å². The summed E-state index contributed by atoms with van der Waals surface area (Å²) in [7, 11) is 0. The van der Waals surface area contributed by atoms with E-state index in [1.165, 1.54) is 11.0 Å². The van der Waals surface area contributed by atoms with Crippen molar-refractivity contribution in [3.8, 4) is 0 Å². The summed E-state index contributed by atoms with van der Waals surface area (Å²) < 4.78 is 33.3. The fourth-order valence-electron chi connectivity index (χ4n) is 4.18. The second-order valence-corrected chi connectivity index (χ2v) is 7.11. The molecule has 3 aliphatic heterocycles. The minimum Gasteiger partial charge on any atom is -0.489 e. The van der Waals surface area contributed by atoms with Crippen molar-refractivity contribution in [2.45, 2.75) is 25.1 Å². The van der Waals surface area contributed by atoms with Gasteiger partial charge in [0.25, 0.3) is 0 Å². The molecule has 136 valence electrons. The molecule has 1 aliphatic carbocycles. The van der Waals surface area contributed by atoms with E-state index in [-0.39, 0.29) is 31.3 Å². The quantitative estimate of drug-likeness (QED) is 0.793. The van der Waals surface area contributed by atoms with Crippen LogP contribution in [0.1, 0.15) is 12.8 Å². The Morgan fingerprint density at radius 2 is 2.16 bits per heavy atom. The first-order valence-electron chi connectivity index (χ1n) is 8.52. The average molecular weight is 353 g/mol. The molecule has 0 radical (unpaired) electrons. The van der Waals surface area contributed by atoms with Gasteiger partial charge in [-0.15, -0.1) is 0 Å². The van der Waals surface area contributed by atoms with E-state index in [1.807, 2.05) is 0 Å². The molecule has 4 rings (SSSR count). The maximum absolute atomic E-state index is 14.1. The molecule has 2 saturated heterocycles. The number of halogens is 2. The summed E-state index contributed by atoms with van der Waals surface area (Å²) in [6, 6.07) is 0.140. The highest BCUT2D eigenvalue weighted by molar-refractivity contribution is 5.65. The van der Waals surface area contributed by atoms with Gasteiger partial charge in [-0.25, -0.2) is 13.6 Å². The zero-order chi connectivity index (χ0) is 17.7. The maximum atomic E-state index is 14.1. The number of fused-ring (bicyclic) bond motifs is 1. The standard InChI is InChI=1S/C17H21F2N3O3/c18-10-1-2-13(19)12(3-10)16-14(20)4-11(8-25-16)22-6-9-5-21(17(23)24)7-15(9)22/h3-4,9,12-13,15H,1-2,5-8,20H2,(H,23,24)/t9?,12?,13?,15-/m1/s1. The lowest BCUT2D eigenvalue weighted by atomic mass is 9.88. The summed E-state index contributed by atoms with van der Waals surface area (Å²) in [5, 5.41) is 9.11. The molecule has 2 fully saturated rings. The van der Waals surface area contributed by atoms with Crippen molar-refractivity contribution in [1.29, 1.82) is 0 Å². The molecule has 0 aromatic heterocycles. The fraction of sp³-hybridized carbons (Fsp3) is 0.588. The Hall–Kier alpha value is -2.25. The number of rotatable bonds is 2. The first-order valence-corrected chi connectivity index (χ1v) is 8.52. The highest BCUT2D eigenvalue weighted by Gasteiger charge is 2.48. The van der Waals surface area contributed by atoms with Crippen LogP contribution >= 0.6 is 0 Å². The Morgan fingerprint density at radius 1 is 1.36 bits per heavy atom. The molecule has 6 nitrogen and oxygen atoms in total. The van der Waals surface area contributed by atoms with Crippen molar-refractivity contribution < 1.29 is 23.4 Å². The lowest BCUT2D eigenvalue weighted by molar-refractivity contribution is 0.0585. The van der Waals surface area contributed by atoms with Crippen LogP contribution in [-0.2, 0) is 4.74 Å². The smallest absolute Gasteiger partial charge is 0.407 e. The fourth-order valence-corrected chi connectivity index (χ4v) is 4.18. The third kappa shape index (κ3) is 2.73. The van der Waals surface area contributed by atoms with Crippen LogP contribution in [0.2, 0.25) is 0 Å². The second kappa shape index (κ2) is 5.93. The van der Waals surface area contributed by atoms with Gasteiger partial charge in [0.15, 0.2) is 0 Å². The largest absolute Gasteiger partial charge is 0.489 e. The summed E-state index contributed by atoms with van der Waals surface area (Å²) in [4.78, 5) is 14.6. The number of hydrogen-bond donors (Lipinski definition) is 2. The second-order valence-electron chi connectivity index (χ2n) is 7.11. The van der Waals surface area contributed by atoms with E-state index in [2.05, 4.69) is 4.90 Å². The first-order chi connectivity index (χ1) is 11.9. The van der Waals surface area contributed by atoms with E-state index in [1.54, 1.807) is 6.08 Å². The zero-order valence-corrected chi connectivity index (χ0v) is 13.7. The Bertz CT molecular complexity index is 691. The van der Waals surface area contributed by atoms with Crippen LogP contribution in [0.15, 0.2) is 35.1 Å². The van der Waals surface area contributed by atoms with Crippen molar-refractivity contribution in [2.75, 3.05) is 26.2 Å². The number of nitrogens with zero attached hydrogens (tertiary/aromatic N) is 2. The van der Waals surface area contributed by atoms with Gasteiger partial charge in [-0.05, 0) is 18.6 Å². The van der Waals surface area contributed by atoms with E-state index < -0.39 is 18.2 Å². The van der Waals surface area contributed by atoms with Gasteiger partial charge >= 0.3 is 6.09 Å². The molecule has 3 heterocycles. The van der Waals surface area contributed by atoms with Crippen LogP contribution in [-0.4, -0.2) is 59.5 Å². The molecule has 3 unspecified atom stereocenters. The monoisotopic (exact) mass is 353 g/mol.